The van der Waals surface area contributed by atoms with Crippen molar-refractivity contribution in [3.63, 3.8) is 0 Å². The number of hydrogen-bond donors (Lipinski definition) is 0. The van der Waals surface area contributed by atoms with E-state index in [1.165, 1.54) is 18.4 Å². The molecule has 0 saturated carbocycles. The van der Waals surface area contributed by atoms with Crippen molar-refractivity contribution in [2.24, 2.45) is 0 Å². The molecule has 0 unspecified atom stereocenters. The summed E-state index contributed by atoms with van der Waals surface area (Å²) in [5.41, 5.74) is 1.29. The Kier molecular flexibility index (Phi) is 6.34. The second-order valence-corrected chi connectivity index (χ2v) is 3.45. The van der Waals surface area contributed by atoms with Gasteiger partial charge < -0.3 is 0 Å². The molecular weight excluding hydrogens is 156 g/mol. The van der Waals surface area contributed by atoms with Crippen molar-refractivity contribution in [2.45, 2.75) is 40.0 Å². The van der Waals surface area contributed by atoms with Crippen LogP contribution in [0.25, 0.3) is 0 Å². The maximum Gasteiger partial charge on any atom is 0.0180 e. The first-order chi connectivity index (χ1) is 5.16. The molecular formula is C10H17Cl. The summed E-state index contributed by atoms with van der Waals surface area (Å²) in [5.74, 6) is 0. The lowest BCUT2D eigenvalue weighted by atomic mass is 10.2. The molecule has 0 aromatic carbocycles. The normalized spacial score (nSPS) is 11.5. The summed E-state index contributed by atoms with van der Waals surface area (Å²) < 4.78 is 0. The van der Waals surface area contributed by atoms with Crippen LogP contribution in [0.4, 0.5) is 0 Å². The summed E-state index contributed by atoms with van der Waals surface area (Å²) in [4.78, 5) is 0. The highest BCUT2D eigenvalue weighted by molar-refractivity contribution is 6.29. The lowest BCUT2D eigenvalue weighted by molar-refractivity contribution is 0.807. The molecule has 0 radical (unpaired) electrons. The van der Waals surface area contributed by atoms with Crippen molar-refractivity contribution in [1.29, 1.82) is 0 Å². The fraction of sp³-hybridized carbons (Fsp3) is 0.600. The van der Waals surface area contributed by atoms with Gasteiger partial charge >= 0.3 is 0 Å². The molecule has 0 N–H and O–H groups in total. The minimum atomic E-state index is 0.966. The predicted molar refractivity (Wildman–Crippen MR) is 52.9 cm³/mol. The van der Waals surface area contributed by atoms with Gasteiger partial charge in [0.2, 0.25) is 0 Å². The highest BCUT2D eigenvalue weighted by Crippen LogP contribution is 2.11. The van der Waals surface area contributed by atoms with Gasteiger partial charge in [0.15, 0.2) is 0 Å². The zero-order valence-electron chi connectivity index (χ0n) is 7.65. The summed E-state index contributed by atoms with van der Waals surface area (Å²) in [7, 11) is 0. The quantitative estimate of drug-likeness (QED) is 0.556. The fourth-order valence-corrected chi connectivity index (χ4v) is 0.883. The molecule has 0 spiro atoms. The third kappa shape index (κ3) is 7.67. The van der Waals surface area contributed by atoms with E-state index in [1.54, 1.807) is 0 Å². The molecule has 0 atom stereocenters. The Labute approximate surface area is 74.9 Å². The van der Waals surface area contributed by atoms with Crippen molar-refractivity contribution >= 4 is 11.6 Å². The third-order valence-corrected chi connectivity index (χ3v) is 1.68. The number of rotatable bonds is 4. The van der Waals surface area contributed by atoms with Gasteiger partial charge in [-0.1, -0.05) is 36.6 Å². The molecule has 0 amide bonds. The average Bonchev–Trinajstić information content (AvgIpc) is 1.97. The van der Waals surface area contributed by atoms with E-state index in [1.807, 2.05) is 6.08 Å². The summed E-state index contributed by atoms with van der Waals surface area (Å²) in [6.07, 6.45) is 7.46. The Morgan fingerprint density at radius 1 is 1.27 bits per heavy atom. The largest absolute Gasteiger partial charge is 0.0892 e. The molecule has 0 aliphatic heterocycles. The van der Waals surface area contributed by atoms with Crippen LogP contribution < -0.4 is 0 Å². The minimum absolute atomic E-state index is 0.966. The summed E-state index contributed by atoms with van der Waals surface area (Å²) >= 11 is 5.92. The van der Waals surface area contributed by atoms with Gasteiger partial charge in [-0.3, -0.25) is 0 Å². The molecule has 11 heavy (non-hydrogen) atoms. The SMILES string of the molecule is CCCC/C(Cl)=C\C=C(C)C. The molecule has 0 nitrogen and oxygen atoms in total. The van der Waals surface area contributed by atoms with E-state index < -0.39 is 0 Å². The van der Waals surface area contributed by atoms with Gasteiger partial charge in [0, 0.05) is 5.03 Å². The van der Waals surface area contributed by atoms with Gasteiger partial charge in [-0.25, -0.2) is 0 Å². The van der Waals surface area contributed by atoms with Gasteiger partial charge in [-0.2, -0.15) is 0 Å². The van der Waals surface area contributed by atoms with Gasteiger partial charge in [-0.15, -0.1) is 0 Å². The van der Waals surface area contributed by atoms with Crippen molar-refractivity contribution < 1.29 is 0 Å². The van der Waals surface area contributed by atoms with Crippen molar-refractivity contribution in [3.8, 4) is 0 Å². The molecule has 0 aromatic rings. The Morgan fingerprint density at radius 3 is 2.36 bits per heavy atom. The van der Waals surface area contributed by atoms with Gasteiger partial charge in [0.05, 0.1) is 0 Å². The molecule has 0 bridgehead atoms. The van der Waals surface area contributed by atoms with E-state index in [-0.39, 0.29) is 0 Å². The number of unbranched alkanes of at least 4 members (excludes halogenated alkanes) is 1. The minimum Gasteiger partial charge on any atom is -0.0892 e. The molecule has 1 heteroatoms. The van der Waals surface area contributed by atoms with Crippen LogP contribution in [0.3, 0.4) is 0 Å². The maximum atomic E-state index is 5.92. The van der Waals surface area contributed by atoms with Crippen LogP contribution in [-0.4, -0.2) is 0 Å². The van der Waals surface area contributed by atoms with Crippen LogP contribution in [0.15, 0.2) is 22.8 Å². The first-order valence-electron chi connectivity index (χ1n) is 4.16. The van der Waals surface area contributed by atoms with E-state index in [0.29, 0.717) is 0 Å². The zero-order chi connectivity index (χ0) is 8.69. The second-order valence-electron chi connectivity index (χ2n) is 2.96. The van der Waals surface area contributed by atoms with E-state index in [2.05, 4.69) is 26.8 Å². The number of halogens is 1. The smallest absolute Gasteiger partial charge is 0.0180 e. The van der Waals surface area contributed by atoms with Crippen LogP contribution in [-0.2, 0) is 0 Å². The van der Waals surface area contributed by atoms with Crippen LogP contribution >= 0.6 is 11.6 Å². The molecule has 0 aromatic heterocycles. The average molecular weight is 173 g/mol. The molecule has 0 rings (SSSR count). The van der Waals surface area contributed by atoms with Crippen molar-refractivity contribution in [2.75, 3.05) is 0 Å². The summed E-state index contributed by atoms with van der Waals surface area (Å²) in [6.45, 7) is 6.31. The highest BCUT2D eigenvalue weighted by Gasteiger charge is 1.88. The lowest BCUT2D eigenvalue weighted by Gasteiger charge is -1.94. The number of hydrogen-bond acceptors (Lipinski definition) is 0. The van der Waals surface area contributed by atoms with E-state index in [0.717, 1.165) is 11.5 Å². The van der Waals surface area contributed by atoms with Crippen LogP contribution in [0.2, 0.25) is 0 Å². The van der Waals surface area contributed by atoms with Crippen LogP contribution in [0.1, 0.15) is 40.0 Å². The first-order valence-corrected chi connectivity index (χ1v) is 4.54. The lowest BCUT2D eigenvalue weighted by Crippen LogP contribution is -1.73. The standard InChI is InChI=1S/C10H17Cl/c1-4-5-6-10(11)8-7-9(2)3/h7-8H,4-6H2,1-3H3/b10-8+. The Bertz CT molecular complexity index is 150. The monoisotopic (exact) mass is 172 g/mol. The van der Waals surface area contributed by atoms with Gasteiger partial charge in [0.25, 0.3) is 0 Å². The molecule has 0 aliphatic rings. The maximum absolute atomic E-state index is 5.92. The Hall–Kier alpha value is -0.230. The van der Waals surface area contributed by atoms with Crippen LogP contribution in [0, 0.1) is 0 Å². The van der Waals surface area contributed by atoms with E-state index in [9.17, 15) is 0 Å². The molecule has 64 valence electrons. The first kappa shape index (κ1) is 10.8. The molecule has 0 heterocycles. The zero-order valence-corrected chi connectivity index (χ0v) is 8.41. The van der Waals surface area contributed by atoms with Gasteiger partial charge in [0.1, 0.15) is 0 Å². The number of allylic oxidation sites excluding steroid dienone is 4. The topological polar surface area (TPSA) is 0 Å². The van der Waals surface area contributed by atoms with E-state index >= 15 is 0 Å². The second kappa shape index (κ2) is 6.48. The highest BCUT2D eigenvalue weighted by atomic mass is 35.5. The third-order valence-electron chi connectivity index (χ3n) is 1.37. The summed E-state index contributed by atoms with van der Waals surface area (Å²) in [6, 6.07) is 0. The molecule has 0 fully saturated rings. The summed E-state index contributed by atoms with van der Waals surface area (Å²) in [5, 5.41) is 0.966. The molecule has 0 aliphatic carbocycles. The van der Waals surface area contributed by atoms with Gasteiger partial charge in [-0.05, 0) is 32.8 Å². The van der Waals surface area contributed by atoms with Crippen molar-refractivity contribution in [1.82, 2.24) is 0 Å². The van der Waals surface area contributed by atoms with Crippen molar-refractivity contribution in [3.05, 3.63) is 22.8 Å². The van der Waals surface area contributed by atoms with E-state index in [4.69, 9.17) is 11.6 Å². The Morgan fingerprint density at radius 2 is 1.91 bits per heavy atom. The fourth-order valence-electron chi connectivity index (χ4n) is 0.686. The predicted octanol–water partition coefficient (Wildman–Crippen LogP) is 4.27. The molecule has 0 saturated heterocycles. The Balaban J connectivity index is 3.72. The van der Waals surface area contributed by atoms with Crippen LogP contribution in [0.5, 0.6) is 0 Å².